The quantitative estimate of drug-likeness (QED) is 0.600. The van der Waals surface area contributed by atoms with Gasteiger partial charge in [0.2, 0.25) is 0 Å². The van der Waals surface area contributed by atoms with E-state index in [1.54, 1.807) is 14.2 Å². The summed E-state index contributed by atoms with van der Waals surface area (Å²) >= 11 is 0. The van der Waals surface area contributed by atoms with Crippen LogP contribution in [0.4, 0.5) is 0 Å². The van der Waals surface area contributed by atoms with Crippen LogP contribution in [0, 0.1) is 5.92 Å². The molecule has 1 atom stereocenters. The molecule has 25 heavy (non-hydrogen) atoms. The Morgan fingerprint density at radius 2 is 1.76 bits per heavy atom. The van der Waals surface area contributed by atoms with Crippen molar-refractivity contribution in [2.75, 3.05) is 40.5 Å². The Bertz CT molecular complexity index is 589. The third kappa shape index (κ3) is 7.69. The first-order valence-corrected chi connectivity index (χ1v) is 8.76. The lowest BCUT2D eigenvalue weighted by atomic mass is 9.99. The molecule has 0 radical (unpaired) electrons. The lowest BCUT2D eigenvalue weighted by Gasteiger charge is -2.18. The van der Waals surface area contributed by atoms with Crippen molar-refractivity contribution in [3.8, 4) is 5.75 Å². The van der Waals surface area contributed by atoms with Gasteiger partial charge in [0.05, 0.1) is 26.9 Å². The largest absolute Gasteiger partial charge is 0.497 e. The smallest absolute Gasteiger partial charge is 0.119 e. The van der Waals surface area contributed by atoms with E-state index in [0.29, 0.717) is 19.1 Å². The van der Waals surface area contributed by atoms with E-state index >= 15 is 0 Å². The monoisotopic (exact) mass is 343 g/mol. The van der Waals surface area contributed by atoms with Crippen LogP contribution in [0.15, 0.2) is 54.6 Å². The van der Waals surface area contributed by atoms with Crippen LogP contribution in [-0.4, -0.2) is 40.5 Å². The molecule has 0 saturated carbocycles. The molecule has 0 aromatic heterocycles. The average molecular weight is 343 g/mol. The van der Waals surface area contributed by atoms with E-state index in [4.69, 9.17) is 14.2 Å². The number of hydrogen-bond donors (Lipinski definition) is 1. The number of rotatable bonds is 12. The second kappa shape index (κ2) is 11.6. The molecular weight excluding hydrogens is 314 g/mol. The molecule has 2 aromatic rings. The molecule has 0 spiro atoms. The summed E-state index contributed by atoms with van der Waals surface area (Å²) in [5.41, 5.74) is 2.47. The summed E-state index contributed by atoms with van der Waals surface area (Å²) in [5, 5.41) is 3.45. The molecule has 0 fully saturated rings. The van der Waals surface area contributed by atoms with Gasteiger partial charge in [0.1, 0.15) is 5.75 Å². The van der Waals surface area contributed by atoms with Gasteiger partial charge in [-0.25, -0.2) is 0 Å². The van der Waals surface area contributed by atoms with Crippen molar-refractivity contribution in [2.45, 2.75) is 13.0 Å². The van der Waals surface area contributed by atoms with Gasteiger partial charge in [-0.2, -0.15) is 0 Å². The van der Waals surface area contributed by atoms with E-state index in [2.05, 4.69) is 29.6 Å². The van der Waals surface area contributed by atoms with Crippen molar-refractivity contribution in [2.24, 2.45) is 5.92 Å². The molecule has 0 heterocycles. The number of nitrogens with one attached hydrogen (secondary N) is 1. The van der Waals surface area contributed by atoms with Gasteiger partial charge in [-0.1, -0.05) is 42.5 Å². The first-order chi connectivity index (χ1) is 12.3. The molecule has 2 rings (SSSR count). The van der Waals surface area contributed by atoms with Crippen LogP contribution in [0.5, 0.6) is 5.75 Å². The molecule has 0 saturated heterocycles. The maximum Gasteiger partial charge on any atom is 0.119 e. The van der Waals surface area contributed by atoms with Gasteiger partial charge in [0.25, 0.3) is 0 Å². The fraction of sp³-hybridized carbons (Fsp3) is 0.429. The Balaban J connectivity index is 1.87. The highest BCUT2D eigenvalue weighted by Gasteiger charge is 2.11. The predicted molar refractivity (Wildman–Crippen MR) is 101 cm³/mol. The number of ether oxygens (including phenoxy) is 3. The van der Waals surface area contributed by atoms with Crippen molar-refractivity contribution in [1.29, 1.82) is 0 Å². The summed E-state index contributed by atoms with van der Waals surface area (Å²) in [5.74, 6) is 1.29. The van der Waals surface area contributed by atoms with E-state index in [0.717, 1.165) is 31.9 Å². The van der Waals surface area contributed by atoms with Crippen molar-refractivity contribution in [1.82, 2.24) is 5.32 Å². The van der Waals surface area contributed by atoms with Crippen LogP contribution in [0.1, 0.15) is 11.1 Å². The molecule has 136 valence electrons. The van der Waals surface area contributed by atoms with Gasteiger partial charge in [-0.15, -0.1) is 0 Å². The van der Waals surface area contributed by atoms with Crippen LogP contribution < -0.4 is 10.1 Å². The molecule has 4 nitrogen and oxygen atoms in total. The molecule has 0 amide bonds. The maximum absolute atomic E-state index is 5.97. The van der Waals surface area contributed by atoms with Crippen LogP contribution in [0.3, 0.4) is 0 Å². The first-order valence-electron chi connectivity index (χ1n) is 8.76. The summed E-state index contributed by atoms with van der Waals surface area (Å²) in [6.45, 7) is 3.83. The molecular formula is C21H29NO3. The van der Waals surface area contributed by atoms with Crippen molar-refractivity contribution in [3.05, 3.63) is 65.7 Å². The number of methoxy groups -OCH3 is 2. The van der Waals surface area contributed by atoms with Crippen LogP contribution in [0.2, 0.25) is 0 Å². The zero-order valence-corrected chi connectivity index (χ0v) is 15.2. The molecule has 0 aliphatic carbocycles. The Morgan fingerprint density at radius 3 is 2.52 bits per heavy atom. The zero-order valence-electron chi connectivity index (χ0n) is 15.2. The van der Waals surface area contributed by atoms with Gasteiger partial charge >= 0.3 is 0 Å². The third-order valence-corrected chi connectivity index (χ3v) is 4.04. The van der Waals surface area contributed by atoms with Crippen molar-refractivity contribution in [3.63, 3.8) is 0 Å². The van der Waals surface area contributed by atoms with E-state index in [9.17, 15) is 0 Å². The van der Waals surface area contributed by atoms with Gasteiger partial charge < -0.3 is 19.5 Å². The minimum atomic E-state index is 0.396. The maximum atomic E-state index is 5.97. The van der Waals surface area contributed by atoms with E-state index in [-0.39, 0.29) is 0 Å². The minimum Gasteiger partial charge on any atom is -0.497 e. The van der Waals surface area contributed by atoms with Gasteiger partial charge in [-0.05, 0) is 35.6 Å². The summed E-state index contributed by atoms with van der Waals surface area (Å²) in [6.07, 6.45) is 0.950. The topological polar surface area (TPSA) is 39.7 Å². The predicted octanol–water partition coefficient (Wildman–Crippen LogP) is 3.31. The summed E-state index contributed by atoms with van der Waals surface area (Å²) in [4.78, 5) is 0. The highest BCUT2D eigenvalue weighted by Crippen LogP contribution is 2.16. The summed E-state index contributed by atoms with van der Waals surface area (Å²) in [6, 6.07) is 18.5. The van der Waals surface area contributed by atoms with Gasteiger partial charge in [-0.3, -0.25) is 0 Å². The van der Waals surface area contributed by atoms with Gasteiger partial charge in [0, 0.05) is 20.2 Å². The lowest BCUT2D eigenvalue weighted by molar-refractivity contribution is 0.0856. The zero-order chi connectivity index (χ0) is 17.7. The SMILES string of the molecule is COCCNCC(COCc1ccccc1)Cc1cccc(OC)c1. The van der Waals surface area contributed by atoms with Crippen LogP contribution in [-0.2, 0) is 22.5 Å². The van der Waals surface area contributed by atoms with Crippen molar-refractivity contribution >= 4 is 0 Å². The average Bonchev–Trinajstić information content (AvgIpc) is 2.66. The second-order valence-corrected chi connectivity index (χ2v) is 6.12. The minimum absolute atomic E-state index is 0.396. The first kappa shape index (κ1) is 19.4. The standard InChI is InChI=1S/C21H29NO3/c1-23-12-11-22-15-20(13-19-9-6-10-21(14-19)24-2)17-25-16-18-7-4-3-5-8-18/h3-10,14,20,22H,11-13,15-17H2,1-2H3. The Hall–Kier alpha value is -1.88. The molecule has 4 heteroatoms. The van der Waals surface area contributed by atoms with E-state index in [1.807, 2.05) is 30.3 Å². The highest BCUT2D eigenvalue weighted by atomic mass is 16.5. The van der Waals surface area contributed by atoms with Crippen LogP contribution >= 0.6 is 0 Å². The summed E-state index contributed by atoms with van der Waals surface area (Å²) < 4.78 is 16.4. The lowest BCUT2D eigenvalue weighted by Crippen LogP contribution is -2.30. The molecule has 0 aliphatic rings. The molecule has 1 unspecified atom stereocenters. The molecule has 0 aliphatic heterocycles. The van der Waals surface area contributed by atoms with Gasteiger partial charge in [0.15, 0.2) is 0 Å². The molecule has 2 aromatic carbocycles. The number of benzene rings is 2. The second-order valence-electron chi connectivity index (χ2n) is 6.12. The van der Waals surface area contributed by atoms with Crippen molar-refractivity contribution < 1.29 is 14.2 Å². The highest BCUT2D eigenvalue weighted by molar-refractivity contribution is 5.28. The normalized spacial score (nSPS) is 12.1. The Labute approximate surface area is 151 Å². The Morgan fingerprint density at radius 1 is 0.960 bits per heavy atom. The van der Waals surface area contributed by atoms with Crippen LogP contribution in [0.25, 0.3) is 0 Å². The van der Waals surface area contributed by atoms with E-state index in [1.165, 1.54) is 11.1 Å². The Kier molecular flexibility index (Phi) is 9.05. The van der Waals surface area contributed by atoms with E-state index < -0.39 is 0 Å². The molecule has 0 bridgehead atoms. The fourth-order valence-electron chi connectivity index (χ4n) is 2.72. The third-order valence-electron chi connectivity index (χ3n) is 4.04. The summed E-state index contributed by atoms with van der Waals surface area (Å²) in [7, 11) is 3.42. The number of hydrogen-bond acceptors (Lipinski definition) is 4. The molecule has 1 N–H and O–H groups in total. The fourth-order valence-corrected chi connectivity index (χ4v) is 2.72.